The first-order valence-electron chi connectivity index (χ1n) is 8.79. The Kier molecular flexibility index (Phi) is 4.77. The van der Waals surface area contributed by atoms with E-state index in [0.717, 1.165) is 29.7 Å². The van der Waals surface area contributed by atoms with Crippen LogP contribution >= 0.6 is 11.6 Å². The molecule has 138 valence electrons. The van der Waals surface area contributed by atoms with Crippen molar-refractivity contribution in [1.82, 2.24) is 25.1 Å². The van der Waals surface area contributed by atoms with Crippen LogP contribution in [0.3, 0.4) is 0 Å². The second-order valence-electron chi connectivity index (χ2n) is 6.59. The Bertz CT molecular complexity index is 941. The lowest BCUT2D eigenvalue weighted by Crippen LogP contribution is -2.39. The number of piperidine rings is 1. The summed E-state index contributed by atoms with van der Waals surface area (Å²) < 4.78 is 0. The third-order valence-corrected chi connectivity index (χ3v) is 5.07. The number of aromatic amines is 1. The van der Waals surface area contributed by atoms with Crippen molar-refractivity contribution in [2.75, 3.05) is 18.8 Å². The molecule has 2 aromatic heterocycles. The number of hydrogen-bond acceptors (Lipinski definition) is 5. The van der Waals surface area contributed by atoms with Gasteiger partial charge >= 0.3 is 0 Å². The fraction of sp³-hybridized carbons (Fsp3) is 0.263. The number of halogens is 1. The van der Waals surface area contributed by atoms with Crippen molar-refractivity contribution in [3.8, 4) is 11.1 Å². The summed E-state index contributed by atoms with van der Waals surface area (Å²) in [6.45, 7) is 1.29. The van der Waals surface area contributed by atoms with Gasteiger partial charge in [-0.05, 0) is 36.6 Å². The van der Waals surface area contributed by atoms with E-state index < -0.39 is 0 Å². The number of hydrogen-bond donors (Lipinski definition) is 2. The summed E-state index contributed by atoms with van der Waals surface area (Å²) in [4.78, 5) is 23.2. The van der Waals surface area contributed by atoms with Gasteiger partial charge in [-0.3, -0.25) is 9.89 Å². The molecule has 0 spiro atoms. The number of rotatable bonds is 3. The Morgan fingerprint density at radius 1 is 1.26 bits per heavy atom. The molecular weight excluding hydrogens is 364 g/mol. The van der Waals surface area contributed by atoms with E-state index in [2.05, 4.69) is 20.2 Å². The monoisotopic (exact) mass is 382 g/mol. The average Bonchev–Trinajstić information content (AvgIpc) is 3.23. The molecule has 4 rings (SSSR count). The number of H-pyrrole nitrogens is 1. The maximum atomic E-state index is 12.7. The molecule has 1 amide bonds. The molecule has 7 nitrogen and oxygen atoms in total. The molecule has 27 heavy (non-hydrogen) atoms. The van der Waals surface area contributed by atoms with Gasteiger partial charge in [0, 0.05) is 42.0 Å². The summed E-state index contributed by atoms with van der Waals surface area (Å²) in [5.41, 5.74) is 9.13. The normalized spacial score (nSPS) is 17.1. The minimum Gasteiger partial charge on any atom is -0.368 e. The average molecular weight is 383 g/mol. The third-order valence-electron chi connectivity index (χ3n) is 4.82. The first-order chi connectivity index (χ1) is 13.1. The lowest BCUT2D eigenvalue weighted by Gasteiger charge is -2.33. The van der Waals surface area contributed by atoms with Crippen LogP contribution in [-0.4, -0.2) is 44.1 Å². The topological polar surface area (TPSA) is 101 Å². The predicted molar refractivity (Wildman–Crippen MR) is 103 cm³/mol. The molecule has 1 unspecified atom stereocenters. The van der Waals surface area contributed by atoms with E-state index in [4.69, 9.17) is 17.3 Å². The number of benzene rings is 1. The standard InChI is InChI=1S/C19H19ClN6O/c20-14-5-3-12(4-6-14)15-10-22-19(21)24-17(15)13-2-1-9-26(11-13)18(27)16-7-8-23-25-16/h3-8,10,13H,1-2,9,11H2,(H,23,25)(H2,21,22,24). The summed E-state index contributed by atoms with van der Waals surface area (Å²) >= 11 is 6.01. The van der Waals surface area contributed by atoms with E-state index in [-0.39, 0.29) is 17.8 Å². The maximum Gasteiger partial charge on any atom is 0.271 e. The molecule has 1 atom stereocenters. The van der Waals surface area contributed by atoms with Gasteiger partial charge < -0.3 is 10.6 Å². The number of amides is 1. The van der Waals surface area contributed by atoms with Crippen LogP contribution in [0.1, 0.15) is 34.9 Å². The van der Waals surface area contributed by atoms with Gasteiger partial charge in [0.25, 0.3) is 5.91 Å². The number of nitrogens with two attached hydrogens (primary N) is 1. The summed E-state index contributed by atoms with van der Waals surface area (Å²) in [5.74, 6) is 0.272. The lowest BCUT2D eigenvalue weighted by atomic mass is 9.90. The van der Waals surface area contributed by atoms with Gasteiger partial charge in [-0.2, -0.15) is 5.10 Å². The molecule has 1 saturated heterocycles. The fourth-order valence-corrected chi connectivity index (χ4v) is 3.63. The van der Waals surface area contributed by atoms with E-state index >= 15 is 0 Å². The minimum atomic E-state index is -0.0488. The van der Waals surface area contributed by atoms with Crippen molar-refractivity contribution in [2.24, 2.45) is 0 Å². The Balaban J connectivity index is 1.65. The van der Waals surface area contributed by atoms with Crippen LogP contribution in [0.4, 0.5) is 5.95 Å². The van der Waals surface area contributed by atoms with Crippen molar-refractivity contribution >= 4 is 23.5 Å². The van der Waals surface area contributed by atoms with Crippen molar-refractivity contribution in [3.63, 3.8) is 0 Å². The molecule has 3 N–H and O–H groups in total. The Hall–Kier alpha value is -2.93. The predicted octanol–water partition coefficient (Wildman–Crippen LogP) is 3.12. The van der Waals surface area contributed by atoms with E-state index in [1.54, 1.807) is 18.5 Å². The fourth-order valence-electron chi connectivity index (χ4n) is 3.50. The van der Waals surface area contributed by atoms with Crippen LogP contribution in [0, 0.1) is 0 Å². The molecule has 1 aliphatic heterocycles. The quantitative estimate of drug-likeness (QED) is 0.724. The van der Waals surface area contributed by atoms with Crippen LogP contribution in [0.25, 0.3) is 11.1 Å². The summed E-state index contributed by atoms with van der Waals surface area (Å²) in [6, 6.07) is 9.25. The molecule has 0 radical (unpaired) electrons. The molecule has 0 bridgehead atoms. The Labute approximate surface area is 161 Å². The highest BCUT2D eigenvalue weighted by atomic mass is 35.5. The van der Waals surface area contributed by atoms with Crippen LogP contribution in [0.2, 0.25) is 5.02 Å². The third kappa shape index (κ3) is 3.64. The molecule has 3 aromatic rings. The van der Waals surface area contributed by atoms with Crippen LogP contribution in [-0.2, 0) is 0 Å². The van der Waals surface area contributed by atoms with Crippen LogP contribution in [0.5, 0.6) is 0 Å². The van der Waals surface area contributed by atoms with Crippen LogP contribution in [0.15, 0.2) is 42.7 Å². The SMILES string of the molecule is Nc1ncc(-c2ccc(Cl)cc2)c(C2CCCN(C(=O)c3ccn[nH]3)C2)n1. The van der Waals surface area contributed by atoms with E-state index in [1.807, 2.05) is 29.2 Å². The van der Waals surface area contributed by atoms with Crippen molar-refractivity contribution < 1.29 is 4.79 Å². The van der Waals surface area contributed by atoms with Crippen molar-refractivity contribution in [2.45, 2.75) is 18.8 Å². The van der Waals surface area contributed by atoms with E-state index in [1.165, 1.54) is 0 Å². The molecule has 1 fully saturated rings. The lowest BCUT2D eigenvalue weighted by molar-refractivity contribution is 0.0700. The van der Waals surface area contributed by atoms with E-state index in [9.17, 15) is 4.79 Å². The summed E-state index contributed by atoms with van der Waals surface area (Å²) in [7, 11) is 0. The molecule has 0 saturated carbocycles. The number of aromatic nitrogens is 4. The zero-order chi connectivity index (χ0) is 18.8. The van der Waals surface area contributed by atoms with Crippen molar-refractivity contribution in [1.29, 1.82) is 0 Å². The number of nitrogens with zero attached hydrogens (tertiary/aromatic N) is 4. The minimum absolute atomic E-state index is 0.0488. The molecule has 3 heterocycles. The Morgan fingerprint density at radius 2 is 2.07 bits per heavy atom. The second kappa shape index (κ2) is 7.36. The largest absolute Gasteiger partial charge is 0.368 e. The Morgan fingerprint density at radius 3 is 2.81 bits per heavy atom. The number of carbonyl (C=O) groups excluding carboxylic acids is 1. The first kappa shape index (κ1) is 17.5. The van der Waals surface area contributed by atoms with Gasteiger partial charge in [0.1, 0.15) is 5.69 Å². The summed E-state index contributed by atoms with van der Waals surface area (Å²) in [6.07, 6.45) is 5.16. The van der Waals surface area contributed by atoms with Gasteiger partial charge in [0.2, 0.25) is 5.95 Å². The molecule has 8 heteroatoms. The van der Waals surface area contributed by atoms with Gasteiger partial charge in [-0.25, -0.2) is 9.97 Å². The highest BCUT2D eigenvalue weighted by molar-refractivity contribution is 6.30. The van der Waals surface area contributed by atoms with Gasteiger partial charge in [0.05, 0.1) is 5.69 Å². The molecule has 0 aliphatic carbocycles. The highest BCUT2D eigenvalue weighted by Gasteiger charge is 2.29. The molecule has 1 aliphatic rings. The smallest absolute Gasteiger partial charge is 0.271 e. The van der Waals surface area contributed by atoms with Gasteiger partial charge in [-0.15, -0.1) is 0 Å². The molecule has 1 aromatic carbocycles. The number of carbonyl (C=O) groups is 1. The number of nitrogen functional groups attached to an aromatic ring is 1. The molecular formula is C19H19ClN6O. The van der Waals surface area contributed by atoms with E-state index in [0.29, 0.717) is 23.8 Å². The number of likely N-dealkylation sites (tertiary alicyclic amines) is 1. The zero-order valence-electron chi connectivity index (χ0n) is 14.6. The highest BCUT2D eigenvalue weighted by Crippen LogP contribution is 2.34. The zero-order valence-corrected chi connectivity index (χ0v) is 15.4. The maximum absolute atomic E-state index is 12.7. The van der Waals surface area contributed by atoms with Crippen LogP contribution < -0.4 is 5.73 Å². The van der Waals surface area contributed by atoms with Crippen molar-refractivity contribution in [3.05, 3.63) is 59.1 Å². The second-order valence-corrected chi connectivity index (χ2v) is 7.03. The van der Waals surface area contributed by atoms with Gasteiger partial charge in [0.15, 0.2) is 0 Å². The summed E-state index contributed by atoms with van der Waals surface area (Å²) in [5, 5.41) is 7.28. The number of nitrogens with one attached hydrogen (secondary N) is 1. The first-order valence-corrected chi connectivity index (χ1v) is 9.16. The number of anilines is 1. The van der Waals surface area contributed by atoms with Gasteiger partial charge in [-0.1, -0.05) is 23.7 Å².